The van der Waals surface area contributed by atoms with E-state index in [1.54, 1.807) is 12.1 Å². The normalized spacial score (nSPS) is 25.8. The van der Waals surface area contributed by atoms with Gasteiger partial charge >= 0.3 is 5.97 Å². The molecule has 6 nitrogen and oxygen atoms in total. The van der Waals surface area contributed by atoms with E-state index in [9.17, 15) is 14.9 Å². The Hall–Kier alpha value is -2.44. The summed E-state index contributed by atoms with van der Waals surface area (Å²) in [5.74, 6) is -0.233. The second kappa shape index (κ2) is 8.74. The summed E-state index contributed by atoms with van der Waals surface area (Å²) in [6, 6.07) is 14.9. The highest BCUT2D eigenvalue weighted by atomic mass is 35.5. The summed E-state index contributed by atoms with van der Waals surface area (Å²) < 4.78 is 5.71. The molecule has 158 valence electrons. The molecular weight excluding hydrogens is 404 g/mol. The lowest BCUT2D eigenvalue weighted by molar-refractivity contribution is -0.384. The van der Waals surface area contributed by atoms with E-state index in [1.165, 1.54) is 12.1 Å². The maximum Gasteiger partial charge on any atom is 0.311 e. The largest absolute Gasteiger partial charge is 0.465 e. The minimum absolute atomic E-state index is 0.0579. The number of carbonyl (C=O) groups is 1. The molecular formula is C23H25ClN2O4. The van der Waals surface area contributed by atoms with Crippen LogP contribution in [-0.2, 0) is 16.0 Å². The number of carbonyl (C=O) groups excluding carboxylic acids is 1. The fourth-order valence-corrected chi connectivity index (χ4v) is 5.12. The molecule has 30 heavy (non-hydrogen) atoms. The van der Waals surface area contributed by atoms with Gasteiger partial charge in [-0.1, -0.05) is 35.9 Å². The summed E-state index contributed by atoms with van der Waals surface area (Å²) in [5, 5.41) is 11.5. The maximum atomic E-state index is 13.2. The summed E-state index contributed by atoms with van der Waals surface area (Å²) in [6.07, 6.45) is 3.59. The third-order valence-corrected chi connectivity index (χ3v) is 6.87. The SMILES string of the molecule is CN1C2CCC1[C@@H](C(=O)OCCc1ccc([N+](=O)[O-])cc1)[C@@H](c1ccc(Cl)cc1)C2. The van der Waals surface area contributed by atoms with E-state index in [4.69, 9.17) is 16.3 Å². The average Bonchev–Trinajstić information content (AvgIpc) is 2.97. The number of nitrogens with zero attached hydrogens (tertiary/aromatic N) is 2. The maximum absolute atomic E-state index is 13.2. The molecule has 0 saturated carbocycles. The van der Waals surface area contributed by atoms with E-state index in [-0.39, 0.29) is 36.1 Å². The van der Waals surface area contributed by atoms with Crippen LogP contribution in [0.4, 0.5) is 5.69 Å². The number of nitro groups is 1. The van der Waals surface area contributed by atoms with Gasteiger partial charge in [0, 0.05) is 41.6 Å². The minimum atomic E-state index is -0.421. The molecule has 2 saturated heterocycles. The molecule has 0 radical (unpaired) electrons. The van der Waals surface area contributed by atoms with Crippen LogP contribution in [0.1, 0.15) is 36.3 Å². The van der Waals surface area contributed by atoms with Crippen molar-refractivity contribution in [3.63, 3.8) is 0 Å². The number of fused-ring (bicyclic) bond motifs is 2. The van der Waals surface area contributed by atoms with Gasteiger partial charge in [0.1, 0.15) is 0 Å². The molecule has 0 amide bonds. The van der Waals surface area contributed by atoms with Crippen LogP contribution in [0.5, 0.6) is 0 Å². The Labute approximate surface area is 180 Å². The predicted octanol–water partition coefficient (Wildman–Crippen LogP) is 4.60. The number of halogens is 1. The van der Waals surface area contributed by atoms with Gasteiger partial charge in [0.2, 0.25) is 0 Å². The Kier molecular flexibility index (Phi) is 6.06. The lowest BCUT2D eigenvalue weighted by Crippen LogP contribution is -2.49. The highest BCUT2D eigenvalue weighted by Gasteiger charge is 2.49. The van der Waals surface area contributed by atoms with Crippen molar-refractivity contribution in [3.05, 3.63) is 74.8 Å². The van der Waals surface area contributed by atoms with Crippen molar-refractivity contribution in [2.24, 2.45) is 5.92 Å². The van der Waals surface area contributed by atoms with Crippen LogP contribution in [0.15, 0.2) is 48.5 Å². The Morgan fingerprint density at radius 3 is 2.53 bits per heavy atom. The Bertz CT molecular complexity index is 916. The number of piperidine rings is 1. The van der Waals surface area contributed by atoms with Crippen LogP contribution in [0.25, 0.3) is 0 Å². The summed E-state index contributed by atoms with van der Waals surface area (Å²) >= 11 is 6.06. The molecule has 2 fully saturated rings. The van der Waals surface area contributed by atoms with Gasteiger partial charge in [0.05, 0.1) is 17.4 Å². The first kappa shape index (κ1) is 20.8. The second-order valence-corrected chi connectivity index (χ2v) is 8.66. The molecule has 2 aliphatic rings. The van der Waals surface area contributed by atoms with E-state index in [1.807, 2.05) is 24.3 Å². The molecule has 0 N–H and O–H groups in total. The molecule has 7 heteroatoms. The van der Waals surface area contributed by atoms with Crippen LogP contribution < -0.4 is 0 Å². The lowest BCUT2D eigenvalue weighted by Gasteiger charge is -2.42. The molecule has 4 atom stereocenters. The van der Waals surface area contributed by atoms with Crippen molar-refractivity contribution >= 4 is 23.3 Å². The molecule has 0 spiro atoms. The van der Waals surface area contributed by atoms with Crippen LogP contribution in [0.3, 0.4) is 0 Å². The molecule has 2 heterocycles. The van der Waals surface area contributed by atoms with Crippen LogP contribution in [-0.4, -0.2) is 41.5 Å². The molecule has 4 rings (SSSR count). The molecule has 0 aromatic heterocycles. The first-order chi connectivity index (χ1) is 14.4. The van der Waals surface area contributed by atoms with Crippen LogP contribution >= 0.6 is 11.6 Å². The lowest BCUT2D eigenvalue weighted by atomic mass is 9.76. The second-order valence-electron chi connectivity index (χ2n) is 8.22. The van der Waals surface area contributed by atoms with E-state index < -0.39 is 4.92 Å². The highest BCUT2D eigenvalue weighted by Crippen LogP contribution is 2.46. The van der Waals surface area contributed by atoms with E-state index in [0.29, 0.717) is 17.5 Å². The quantitative estimate of drug-likeness (QED) is 0.382. The van der Waals surface area contributed by atoms with Gasteiger partial charge in [-0.3, -0.25) is 19.8 Å². The van der Waals surface area contributed by atoms with E-state index in [2.05, 4.69) is 11.9 Å². The number of benzene rings is 2. The van der Waals surface area contributed by atoms with Gasteiger partial charge in [-0.2, -0.15) is 0 Å². The van der Waals surface area contributed by atoms with Gasteiger partial charge in [-0.25, -0.2) is 0 Å². The standard InChI is InChI=1S/C23H25ClN2O4/c1-25-19-10-11-21(25)22(20(14-19)16-4-6-17(24)7-5-16)23(27)30-13-12-15-2-8-18(9-3-15)26(28)29/h2-9,19-22H,10-14H2,1H3/t19?,20-,21?,22+/m1/s1. The van der Waals surface area contributed by atoms with Crippen molar-refractivity contribution in [2.45, 2.75) is 43.7 Å². The first-order valence-corrected chi connectivity index (χ1v) is 10.7. The number of hydrogen-bond donors (Lipinski definition) is 0. The molecule has 2 aromatic carbocycles. The minimum Gasteiger partial charge on any atom is -0.465 e. The molecule has 2 bridgehead atoms. The van der Waals surface area contributed by atoms with Crippen molar-refractivity contribution in [1.29, 1.82) is 0 Å². The summed E-state index contributed by atoms with van der Waals surface area (Å²) in [5.41, 5.74) is 2.11. The van der Waals surface area contributed by atoms with Gasteiger partial charge in [-0.05, 0) is 49.6 Å². The van der Waals surface area contributed by atoms with Gasteiger partial charge in [0.25, 0.3) is 5.69 Å². The third kappa shape index (κ3) is 4.20. The Morgan fingerprint density at radius 2 is 1.87 bits per heavy atom. The van der Waals surface area contributed by atoms with E-state index in [0.717, 1.165) is 30.4 Å². The Balaban J connectivity index is 1.44. The zero-order chi connectivity index (χ0) is 21.3. The summed E-state index contributed by atoms with van der Waals surface area (Å²) in [7, 11) is 2.11. The monoisotopic (exact) mass is 428 g/mol. The van der Waals surface area contributed by atoms with Crippen molar-refractivity contribution in [1.82, 2.24) is 4.90 Å². The topological polar surface area (TPSA) is 72.7 Å². The number of rotatable bonds is 6. The zero-order valence-electron chi connectivity index (χ0n) is 16.9. The number of esters is 1. The first-order valence-electron chi connectivity index (χ1n) is 10.3. The zero-order valence-corrected chi connectivity index (χ0v) is 17.6. The summed E-state index contributed by atoms with van der Waals surface area (Å²) in [4.78, 5) is 25.8. The number of ether oxygens (including phenoxy) is 1. The fourth-order valence-electron chi connectivity index (χ4n) is 4.99. The van der Waals surface area contributed by atoms with Crippen molar-refractivity contribution in [3.8, 4) is 0 Å². The predicted molar refractivity (Wildman–Crippen MR) is 115 cm³/mol. The highest BCUT2D eigenvalue weighted by molar-refractivity contribution is 6.30. The van der Waals surface area contributed by atoms with Crippen molar-refractivity contribution < 1.29 is 14.5 Å². The fraction of sp³-hybridized carbons (Fsp3) is 0.435. The number of hydrogen-bond acceptors (Lipinski definition) is 5. The summed E-state index contributed by atoms with van der Waals surface area (Å²) in [6.45, 7) is 0.264. The van der Waals surface area contributed by atoms with Gasteiger partial charge in [0.15, 0.2) is 0 Å². The number of non-ortho nitro benzene ring substituents is 1. The molecule has 0 aliphatic carbocycles. The Morgan fingerprint density at radius 1 is 1.17 bits per heavy atom. The molecule has 2 aliphatic heterocycles. The average molecular weight is 429 g/mol. The van der Waals surface area contributed by atoms with Gasteiger partial charge in [-0.15, -0.1) is 0 Å². The van der Waals surface area contributed by atoms with Crippen LogP contribution in [0, 0.1) is 16.0 Å². The molecule has 2 aromatic rings. The van der Waals surface area contributed by atoms with Crippen molar-refractivity contribution in [2.75, 3.05) is 13.7 Å². The number of nitro benzene ring substituents is 1. The third-order valence-electron chi connectivity index (χ3n) is 6.62. The molecule has 2 unspecified atom stereocenters. The smallest absolute Gasteiger partial charge is 0.311 e. The van der Waals surface area contributed by atoms with Gasteiger partial charge < -0.3 is 4.74 Å². The van der Waals surface area contributed by atoms with Crippen LogP contribution in [0.2, 0.25) is 5.02 Å². The van der Waals surface area contributed by atoms with E-state index >= 15 is 0 Å².